The molecule has 0 aromatic heterocycles. The zero-order valence-corrected chi connectivity index (χ0v) is 12.5. The fourth-order valence-electron chi connectivity index (χ4n) is 2.65. The van der Waals surface area contributed by atoms with E-state index in [0.29, 0.717) is 0 Å². The zero-order chi connectivity index (χ0) is 14.8. The van der Waals surface area contributed by atoms with Crippen LogP contribution in [0.25, 0.3) is 0 Å². The molecule has 0 bridgehead atoms. The van der Waals surface area contributed by atoms with Gasteiger partial charge >= 0.3 is 0 Å². The van der Waals surface area contributed by atoms with E-state index in [1.807, 2.05) is 50.2 Å². The molecule has 3 rings (SSSR count). The Bertz CT molecular complexity index is 637. The van der Waals surface area contributed by atoms with Gasteiger partial charge in [0, 0.05) is 6.42 Å². The molecule has 1 aliphatic rings. The fraction of sp³-hybridized carbons (Fsp3) is 0.333. The minimum Gasteiger partial charge on any atom is -0.493 e. The molecule has 0 saturated heterocycles. The fourth-order valence-corrected chi connectivity index (χ4v) is 2.65. The zero-order valence-electron chi connectivity index (χ0n) is 12.5. The Morgan fingerprint density at radius 2 is 1.90 bits per heavy atom. The largest absolute Gasteiger partial charge is 0.493 e. The lowest BCUT2D eigenvalue weighted by molar-refractivity contribution is 0.242. The van der Waals surface area contributed by atoms with Crippen LogP contribution in [-0.2, 0) is 6.42 Å². The minimum atomic E-state index is -0.147. The molecule has 110 valence electrons. The lowest BCUT2D eigenvalue weighted by Gasteiger charge is -2.16. The molecule has 0 fully saturated rings. The third kappa shape index (κ3) is 3.03. The van der Waals surface area contributed by atoms with Crippen LogP contribution in [0, 0.1) is 0 Å². The smallest absolute Gasteiger partial charge is 0.122 e. The second-order valence-corrected chi connectivity index (χ2v) is 5.68. The summed E-state index contributed by atoms with van der Waals surface area (Å²) in [5.41, 5.74) is 9.84. The summed E-state index contributed by atoms with van der Waals surface area (Å²) in [6.45, 7) is 4.81. The summed E-state index contributed by atoms with van der Waals surface area (Å²) in [5.74, 6) is 1.85. The van der Waals surface area contributed by atoms with E-state index >= 15 is 0 Å². The van der Waals surface area contributed by atoms with Crippen LogP contribution in [0.5, 0.6) is 11.5 Å². The van der Waals surface area contributed by atoms with Gasteiger partial charge in [-0.3, -0.25) is 0 Å². The molecule has 21 heavy (non-hydrogen) atoms. The summed E-state index contributed by atoms with van der Waals surface area (Å²) in [6, 6.07) is 14.1. The first-order valence-corrected chi connectivity index (χ1v) is 7.41. The lowest BCUT2D eigenvalue weighted by Crippen LogP contribution is -2.13. The van der Waals surface area contributed by atoms with E-state index in [0.717, 1.165) is 35.7 Å². The molecule has 1 unspecified atom stereocenters. The number of rotatable bonds is 4. The molecule has 0 saturated carbocycles. The van der Waals surface area contributed by atoms with Crippen molar-refractivity contribution in [2.45, 2.75) is 32.4 Å². The number of ether oxygens (including phenoxy) is 2. The molecular weight excluding hydrogens is 262 g/mol. The van der Waals surface area contributed by atoms with Crippen LogP contribution in [0.4, 0.5) is 0 Å². The van der Waals surface area contributed by atoms with Crippen LogP contribution in [0.15, 0.2) is 42.5 Å². The van der Waals surface area contributed by atoms with Gasteiger partial charge in [0.2, 0.25) is 0 Å². The van der Waals surface area contributed by atoms with E-state index in [4.69, 9.17) is 15.2 Å². The van der Waals surface area contributed by atoms with E-state index in [-0.39, 0.29) is 12.1 Å². The molecule has 2 aromatic rings. The Kier molecular flexibility index (Phi) is 3.84. The van der Waals surface area contributed by atoms with Crippen molar-refractivity contribution in [1.82, 2.24) is 0 Å². The molecule has 1 atom stereocenters. The van der Waals surface area contributed by atoms with Crippen molar-refractivity contribution in [2.75, 3.05) is 6.61 Å². The first-order chi connectivity index (χ1) is 10.1. The highest BCUT2D eigenvalue weighted by Crippen LogP contribution is 2.30. The van der Waals surface area contributed by atoms with Crippen molar-refractivity contribution in [3.63, 3.8) is 0 Å². The molecule has 0 spiro atoms. The van der Waals surface area contributed by atoms with Crippen molar-refractivity contribution >= 4 is 0 Å². The van der Waals surface area contributed by atoms with Crippen LogP contribution >= 0.6 is 0 Å². The maximum absolute atomic E-state index is 6.41. The van der Waals surface area contributed by atoms with Crippen molar-refractivity contribution < 1.29 is 9.47 Å². The van der Waals surface area contributed by atoms with Crippen molar-refractivity contribution in [3.8, 4) is 11.5 Å². The Morgan fingerprint density at radius 1 is 1.10 bits per heavy atom. The van der Waals surface area contributed by atoms with E-state index in [9.17, 15) is 0 Å². The van der Waals surface area contributed by atoms with Crippen molar-refractivity contribution in [2.24, 2.45) is 5.73 Å². The molecule has 3 heteroatoms. The van der Waals surface area contributed by atoms with E-state index < -0.39 is 0 Å². The molecule has 0 aliphatic carbocycles. The predicted octanol–water partition coefficient (Wildman–Crippen LogP) is 3.46. The normalized spacial score (nSPS) is 14.7. The van der Waals surface area contributed by atoms with E-state index in [2.05, 4.69) is 6.07 Å². The highest BCUT2D eigenvalue weighted by atomic mass is 16.5. The third-order valence-electron chi connectivity index (χ3n) is 3.66. The molecule has 0 radical (unpaired) electrons. The van der Waals surface area contributed by atoms with Crippen molar-refractivity contribution in [3.05, 3.63) is 59.2 Å². The van der Waals surface area contributed by atoms with Gasteiger partial charge in [0.1, 0.15) is 11.5 Å². The second-order valence-electron chi connectivity index (χ2n) is 5.68. The topological polar surface area (TPSA) is 44.5 Å². The standard InChI is InChI=1S/C18H21NO2/c1-12(2)21-16-5-3-4-14(11-16)18(19)15-6-7-17-13(10-15)8-9-20-17/h3-7,10-12,18H,8-9,19H2,1-2H3. The molecular formula is C18H21NO2. The van der Waals surface area contributed by atoms with Crippen LogP contribution in [0.2, 0.25) is 0 Å². The molecule has 3 nitrogen and oxygen atoms in total. The highest BCUT2D eigenvalue weighted by Gasteiger charge is 2.16. The van der Waals surface area contributed by atoms with Gasteiger partial charge < -0.3 is 15.2 Å². The molecule has 2 N–H and O–H groups in total. The highest BCUT2D eigenvalue weighted by molar-refractivity contribution is 5.44. The first-order valence-electron chi connectivity index (χ1n) is 7.41. The molecule has 1 heterocycles. The monoisotopic (exact) mass is 283 g/mol. The Balaban J connectivity index is 1.86. The maximum atomic E-state index is 6.41. The predicted molar refractivity (Wildman–Crippen MR) is 83.9 cm³/mol. The summed E-state index contributed by atoms with van der Waals surface area (Å²) in [5, 5.41) is 0. The summed E-state index contributed by atoms with van der Waals surface area (Å²) < 4.78 is 11.3. The average molecular weight is 283 g/mol. The Hall–Kier alpha value is -2.00. The van der Waals surface area contributed by atoms with Gasteiger partial charge in [-0.05, 0) is 48.7 Å². The second kappa shape index (κ2) is 5.78. The van der Waals surface area contributed by atoms with E-state index in [1.54, 1.807) is 0 Å². The Morgan fingerprint density at radius 3 is 2.71 bits per heavy atom. The average Bonchev–Trinajstić information content (AvgIpc) is 2.93. The SMILES string of the molecule is CC(C)Oc1cccc(C(N)c2ccc3c(c2)CCO3)c1. The Labute approximate surface area is 125 Å². The number of benzene rings is 2. The quantitative estimate of drug-likeness (QED) is 0.934. The van der Waals surface area contributed by atoms with Crippen LogP contribution < -0.4 is 15.2 Å². The number of hydrogen-bond donors (Lipinski definition) is 1. The number of nitrogens with two attached hydrogens (primary N) is 1. The number of hydrogen-bond acceptors (Lipinski definition) is 3. The first kappa shape index (κ1) is 14.0. The maximum Gasteiger partial charge on any atom is 0.122 e. The minimum absolute atomic E-state index is 0.147. The van der Waals surface area contributed by atoms with Crippen molar-refractivity contribution in [1.29, 1.82) is 0 Å². The van der Waals surface area contributed by atoms with Crippen LogP contribution in [0.3, 0.4) is 0 Å². The van der Waals surface area contributed by atoms with Crippen LogP contribution in [-0.4, -0.2) is 12.7 Å². The van der Waals surface area contributed by atoms with Gasteiger partial charge in [-0.15, -0.1) is 0 Å². The summed E-state index contributed by atoms with van der Waals surface area (Å²) in [4.78, 5) is 0. The van der Waals surface area contributed by atoms with Gasteiger partial charge in [0.05, 0.1) is 18.8 Å². The molecule has 0 amide bonds. The molecule has 1 aliphatic heterocycles. The lowest BCUT2D eigenvalue weighted by atomic mass is 9.97. The van der Waals surface area contributed by atoms with Gasteiger partial charge in [0.25, 0.3) is 0 Å². The summed E-state index contributed by atoms with van der Waals surface area (Å²) >= 11 is 0. The third-order valence-corrected chi connectivity index (χ3v) is 3.66. The summed E-state index contributed by atoms with van der Waals surface area (Å²) in [6.07, 6.45) is 1.13. The van der Waals surface area contributed by atoms with E-state index in [1.165, 1.54) is 5.56 Å². The number of fused-ring (bicyclic) bond motifs is 1. The van der Waals surface area contributed by atoms with Gasteiger partial charge in [-0.2, -0.15) is 0 Å². The van der Waals surface area contributed by atoms with Gasteiger partial charge in [-0.1, -0.05) is 24.3 Å². The molecule has 2 aromatic carbocycles. The van der Waals surface area contributed by atoms with Gasteiger partial charge in [0.15, 0.2) is 0 Å². The summed E-state index contributed by atoms with van der Waals surface area (Å²) in [7, 11) is 0. The van der Waals surface area contributed by atoms with Gasteiger partial charge in [-0.25, -0.2) is 0 Å². The van der Waals surface area contributed by atoms with Crippen LogP contribution in [0.1, 0.15) is 36.6 Å².